The normalized spacial score (nSPS) is 30.5. The highest BCUT2D eigenvalue weighted by molar-refractivity contribution is 7.90. The Morgan fingerprint density at radius 1 is 1.13 bits per heavy atom. The van der Waals surface area contributed by atoms with Crippen molar-refractivity contribution in [3.05, 3.63) is 9.69 Å². The monoisotopic (exact) mass is 248 g/mol. The van der Waals surface area contributed by atoms with E-state index in [9.17, 15) is 14.2 Å². The third-order valence-corrected chi connectivity index (χ3v) is 4.38. The molecule has 2 heterocycles. The average Bonchev–Trinajstić information content (AvgIpc) is 2.74. The molecule has 0 aromatic carbocycles. The first-order valence-electron chi connectivity index (χ1n) is 3.63. The molecule has 2 aliphatic heterocycles. The SMILES string of the molecule is O=C1[N+]#CC(P(=O)(Cl)C2C#[N+]C(=O)O2)O1. The Bertz CT molecular complexity index is 479. The van der Waals surface area contributed by atoms with Crippen LogP contribution in [0.2, 0.25) is 0 Å². The summed E-state index contributed by atoms with van der Waals surface area (Å²) in [6, 6.07) is 4.25. The Kier molecular flexibility index (Phi) is 2.15. The van der Waals surface area contributed by atoms with E-state index < -0.39 is 30.4 Å². The van der Waals surface area contributed by atoms with Crippen LogP contribution in [0.4, 0.5) is 9.59 Å². The molecule has 76 valence electrons. The van der Waals surface area contributed by atoms with Gasteiger partial charge in [0.15, 0.2) is 0 Å². The van der Waals surface area contributed by atoms with Crippen LogP contribution < -0.4 is 0 Å². The van der Waals surface area contributed by atoms with Gasteiger partial charge in [-0.15, -0.1) is 0 Å². The standard InChI is InChI=1S/C6H2ClN2O5P/c7-15(12,3-1-8-5(10)13-3)4-2-9-6(11)14-4/h3-4H/q+2. The van der Waals surface area contributed by atoms with E-state index >= 15 is 0 Å². The maximum absolute atomic E-state index is 11.9. The lowest BCUT2D eigenvalue weighted by atomic mass is 10.8. The molecule has 2 rings (SSSR count). The number of carbonyl (C=O) groups excluding carboxylic acids is 2. The van der Waals surface area contributed by atoms with Gasteiger partial charge in [-0.2, -0.15) is 9.59 Å². The first-order chi connectivity index (χ1) is 7.00. The molecule has 0 fully saturated rings. The van der Waals surface area contributed by atoms with Gasteiger partial charge in [0.2, 0.25) is 0 Å². The molecule has 0 spiro atoms. The highest BCUT2D eigenvalue weighted by Gasteiger charge is 2.56. The summed E-state index contributed by atoms with van der Waals surface area (Å²) in [6.45, 7) is -3.69. The maximum Gasteiger partial charge on any atom is 0.730 e. The van der Waals surface area contributed by atoms with E-state index in [1.54, 1.807) is 0 Å². The summed E-state index contributed by atoms with van der Waals surface area (Å²) < 4.78 is 20.9. The smallest absolute Gasteiger partial charge is 0.365 e. The Hall–Kier alpha value is -1.56. The van der Waals surface area contributed by atoms with Gasteiger partial charge < -0.3 is 9.47 Å². The molecular formula is C6H2ClN2O5P+2. The highest BCUT2D eigenvalue weighted by atomic mass is 35.7. The van der Waals surface area contributed by atoms with E-state index in [1.807, 2.05) is 0 Å². The fraction of sp³-hybridized carbons (Fsp3) is 0.333. The average molecular weight is 249 g/mol. The van der Waals surface area contributed by atoms with Crippen LogP contribution in [-0.2, 0) is 14.0 Å². The summed E-state index contributed by atoms with van der Waals surface area (Å²) in [7, 11) is 0. The quantitative estimate of drug-likeness (QED) is 0.699. The fourth-order valence-corrected chi connectivity index (χ4v) is 2.58. The summed E-state index contributed by atoms with van der Waals surface area (Å²) in [6.07, 6.45) is -1.88. The van der Waals surface area contributed by atoms with Gasteiger partial charge in [-0.25, -0.2) is 0 Å². The minimum Gasteiger partial charge on any atom is -0.365 e. The van der Waals surface area contributed by atoms with Gasteiger partial charge >= 0.3 is 36.0 Å². The van der Waals surface area contributed by atoms with Crippen LogP contribution in [0.3, 0.4) is 0 Å². The second-order valence-electron chi connectivity index (χ2n) is 2.58. The first-order valence-corrected chi connectivity index (χ1v) is 6.38. The number of hydrogen-bond acceptors (Lipinski definition) is 5. The van der Waals surface area contributed by atoms with E-state index in [-0.39, 0.29) is 0 Å². The number of halogens is 1. The summed E-state index contributed by atoms with van der Waals surface area (Å²) in [4.78, 5) is 27.4. The van der Waals surface area contributed by atoms with Crippen molar-refractivity contribution in [1.29, 1.82) is 0 Å². The Balaban J connectivity index is 2.20. The Labute approximate surface area is 87.7 Å². The van der Waals surface area contributed by atoms with Crippen LogP contribution in [0.1, 0.15) is 0 Å². The number of rotatable bonds is 2. The zero-order chi connectivity index (χ0) is 11.1. The molecule has 0 radical (unpaired) electrons. The van der Waals surface area contributed by atoms with E-state index in [1.165, 1.54) is 0 Å². The minimum absolute atomic E-state index is 0.942. The van der Waals surface area contributed by atoms with Crippen LogP contribution >= 0.6 is 17.7 Å². The van der Waals surface area contributed by atoms with Gasteiger partial charge in [-0.3, -0.25) is 4.57 Å². The topological polar surface area (TPSA) is 78.4 Å². The summed E-state index contributed by atoms with van der Waals surface area (Å²) in [5, 5.41) is 0. The van der Waals surface area contributed by atoms with Crippen LogP contribution in [-0.4, -0.2) is 23.9 Å². The molecule has 0 aromatic rings. The molecule has 2 amide bonds. The summed E-state index contributed by atoms with van der Waals surface area (Å²) in [5.74, 6) is -2.66. The molecule has 0 aromatic heterocycles. The Morgan fingerprint density at radius 2 is 1.53 bits per heavy atom. The maximum atomic E-state index is 11.9. The van der Waals surface area contributed by atoms with E-state index in [4.69, 9.17) is 11.2 Å². The van der Waals surface area contributed by atoms with Gasteiger partial charge in [-0.05, 0) is 11.2 Å². The molecule has 2 atom stereocenters. The predicted molar refractivity (Wildman–Crippen MR) is 48.5 cm³/mol. The van der Waals surface area contributed by atoms with Crippen molar-refractivity contribution in [2.24, 2.45) is 0 Å². The lowest BCUT2D eigenvalue weighted by Crippen LogP contribution is -2.16. The third-order valence-electron chi connectivity index (χ3n) is 1.60. The van der Waals surface area contributed by atoms with Crippen molar-refractivity contribution in [2.75, 3.05) is 0 Å². The third kappa shape index (κ3) is 1.68. The van der Waals surface area contributed by atoms with Crippen LogP contribution in [0.5, 0.6) is 0 Å². The van der Waals surface area contributed by atoms with E-state index in [0.717, 1.165) is 0 Å². The van der Waals surface area contributed by atoms with Gasteiger partial charge in [0.1, 0.15) is 0 Å². The van der Waals surface area contributed by atoms with Crippen molar-refractivity contribution in [3.63, 3.8) is 0 Å². The summed E-state index contributed by atoms with van der Waals surface area (Å²) in [5.41, 5.74) is 0. The van der Waals surface area contributed by atoms with Crippen LogP contribution in [0.25, 0.3) is 9.69 Å². The number of hydrogen-bond donors (Lipinski definition) is 0. The molecular weight excluding hydrogens is 247 g/mol. The van der Waals surface area contributed by atoms with Gasteiger partial charge in [0.25, 0.3) is 6.49 Å². The second-order valence-corrected chi connectivity index (χ2v) is 6.35. The number of carbonyl (C=O) groups is 2. The number of amides is 2. The molecule has 9 heteroatoms. The number of nitrogens with zero attached hydrogens (tertiary/aromatic N) is 2. The van der Waals surface area contributed by atoms with Gasteiger partial charge in [-0.1, -0.05) is 0 Å². The van der Waals surface area contributed by atoms with Crippen molar-refractivity contribution >= 4 is 29.9 Å². The number of ether oxygens (including phenoxy) is 2. The molecule has 15 heavy (non-hydrogen) atoms. The Morgan fingerprint density at radius 3 is 1.80 bits per heavy atom. The highest BCUT2D eigenvalue weighted by Crippen LogP contribution is 2.62. The molecule has 7 nitrogen and oxygen atoms in total. The predicted octanol–water partition coefficient (Wildman–Crippen LogP) is 2.12. The largest absolute Gasteiger partial charge is 0.730 e. The van der Waals surface area contributed by atoms with Gasteiger partial charge in [0.05, 0.1) is 9.69 Å². The molecule has 2 aliphatic rings. The van der Waals surface area contributed by atoms with Crippen molar-refractivity contribution in [2.45, 2.75) is 11.7 Å². The molecule has 0 aliphatic carbocycles. The van der Waals surface area contributed by atoms with Crippen LogP contribution in [0.15, 0.2) is 0 Å². The van der Waals surface area contributed by atoms with Crippen molar-refractivity contribution < 1.29 is 23.6 Å². The van der Waals surface area contributed by atoms with Crippen LogP contribution in [0, 0.1) is 12.1 Å². The molecule has 0 saturated heterocycles. The molecule has 0 bridgehead atoms. The van der Waals surface area contributed by atoms with Gasteiger partial charge in [0, 0.05) is 0 Å². The lowest BCUT2D eigenvalue weighted by molar-refractivity contribution is 0.163. The second kappa shape index (κ2) is 3.23. The van der Waals surface area contributed by atoms with Crippen molar-refractivity contribution in [3.8, 4) is 12.1 Å². The zero-order valence-electron chi connectivity index (χ0n) is 6.92. The first kappa shape index (κ1) is 9.97. The number of cyclic esters (lactones) is 2. The van der Waals surface area contributed by atoms with E-state index in [0.29, 0.717) is 0 Å². The fourth-order valence-electron chi connectivity index (χ4n) is 0.936. The molecule has 0 saturated carbocycles. The minimum atomic E-state index is -3.69. The zero-order valence-corrected chi connectivity index (χ0v) is 8.57. The molecule has 0 N–H and O–H groups in total. The lowest BCUT2D eigenvalue weighted by Gasteiger charge is -2.09. The van der Waals surface area contributed by atoms with Crippen molar-refractivity contribution in [1.82, 2.24) is 0 Å². The molecule has 2 unspecified atom stereocenters. The van der Waals surface area contributed by atoms with E-state index in [2.05, 4.69) is 31.3 Å². The summed E-state index contributed by atoms with van der Waals surface area (Å²) >= 11 is 5.64.